The van der Waals surface area contributed by atoms with E-state index in [9.17, 15) is 5.11 Å². The van der Waals surface area contributed by atoms with Crippen molar-refractivity contribution >= 4 is 0 Å². The van der Waals surface area contributed by atoms with Gasteiger partial charge in [0.15, 0.2) is 0 Å². The van der Waals surface area contributed by atoms with Crippen molar-refractivity contribution in [3.8, 4) is 18.1 Å². The zero-order valence-corrected chi connectivity index (χ0v) is 12.6. The zero-order chi connectivity index (χ0) is 15.0. The molecule has 1 aromatic rings. The minimum Gasteiger partial charge on any atom is -0.481 e. The summed E-state index contributed by atoms with van der Waals surface area (Å²) in [7, 11) is 0. The Bertz CT molecular complexity index is 429. The van der Waals surface area contributed by atoms with Crippen LogP contribution in [0.1, 0.15) is 32.8 Å². The van der Waals surface area contributed by atoms with Crippen molar-refractivity contribution < 1.29 is 9.84 Å². The molecule has 0 aliphatic heterocycles. The predicted octanol–water partition coefficient (Wildman–Crippen LogP) is 2.59. The Hall–Kier alpha value is -1.50. The van der Waals surface area contributed by atoms with E-state index >= 15 is 0 Å². The second-order valence-electron chi connectivity index (χ2n) is 5.96. The van der Waals surface area contributed by atoms with Gasteiger partial charge in [0, 0.05) is 13.1 Å². The monoisotopic (exact) mass is 275 g/mol. The van der Waals surface area contributed by atoms with Crippen molar-refractivity contribution in [3.63, 3.8) is 0 Å². The molecule has 2 N–H and O–H groups in total. The molecule has 0 bridgehead atoms. The van der Waals surface area contributed by atoms with E-state index in [1.807, 2.05) is 31.2 Å². The van der Waals surface area contributed by atoms with Crippen LogP contribution in [0, 0.1) is 17.8 Å². The number of ether oxygens (including phenoxy) is 1. The Morgan fingerprint density at radius 1 is 1.35 bits per heavy atom. The van der Waals surface area contributed by atoms with Crippen molar-refractivity contribution in [1.82, 2.24) is 5.32 Å². The van der Waals surface area contributed by atoms with E-state index in [1.165, 1.54) is 5.56 Å². The van der Waals surface area contributed by atoms with Gasteiger partial charge in [0.2, 0.25) is 0 Å². The van der Waals surface area contributed by atoms with Gasteiger partial charge in [-0.1, -0.05) is 31.9 Å². The highest BCUT2D eigenvalue weighted by Gasteiger charge is 2.19. The van der Waals surface area contributed by atoms with Crippen LogP contribution in [0.5, 0.6) is 5.75 Å². The number of aliphatic hydroxyl groups is 1. The highest BCUT2D eigenvalue weighted by molar-refractivity contribution is 5.27. The van der Waals surface area contributed by atoms with Gasteiger partial charge >= 0.3 is 0 Å². The molecule has 20 heavy (non-hydrogen) atoms. The summed E-state index contributed by atoms with van der Waals surface area (Å²) in [4.78, 5) is 0. The lowest BCUT2D eigenvalue weighted by Gasteiger charge is -2.26. The van der Waals surface area contributed by atoms with Crippen LogP contribution in [-0.4, -0.2) is 24.4 Å². The van der Waals surface area contributed by atoms with Crippen LogP contribution >= 0.6 is 0 Å². The first-order chi connectivity index (χ1) is 9.43. The number of nitrogens with one attached hydrogen (secondary N) is 1. The second-order valence-corrected chi connectivity index (χ2v) is 5.96. The van der Waals surface area contributed by atoms with Gasteiger partial charge < -0.3 is 15.2 Å². The quantitative estimate of drug-likeness (QED) is 0.717. The Morgan fingerprint density at radius 2 is 2.00 bits per heavy atom. The van der Waals surface area contributed by atoms with Crippen LogP contribution in [0.4, 0.5) is 0 Å². The molecule has 0 amide bonds. The number of rotatable bonds is 8. The third-order valence-electron chi connectivity index (χ3n) is 3.03. The SMILES string of the molecule is C#CCOc1ccc(CNCC(C)(C)CC(C)O)cc1. The average Bonchev–Trinajstić information content (AvgIpc) is 2.36. The molecular weight excluding hydrogens is 250 g/mol. The van der Waals surface area contributed by atoms with Gasteiger partial charge in [0.05, 0.1) is 6.10 Å². The lowest BCUT2D eigenvalue weighted by Crippen LogP contribution is -2.31. The Labute approximate surface area is 122 Å². The van der Waals surface area contributed by atoms with E-state index in [0.29, 0.717) is 6.61 Å². The van der Waals surface area contributed by atoms with Crippen molar-refractivity contribution in [2.24, 2.45) is 5.41 Å². The van der Waals surface area contributed by atoms with Crippen molar-refractivity contribution in [2.75, 3.05) is 13.2 Å². The first-order valence-corrected chi connectivity index (χ1v) is 6.97. The minimum atomic E-state index is -0.264. The van der Waals surface area contributed by atoms with Gasteiger partial charge in [-0.05, 0) is 36.5 Å². The van der Waals surface area contributed by atoms with Crippen LogP contribution in [0.15, 0.2) is 24.3 Å². The summed E-state index contributed by atoms with van der Waals surface area (Å²) in [5.41, 5.74) is 1.29. The van der Waals surface area contributed by atoms with Gasteiger partial charge in [-0.15, -0.1) is 6.42 Å². The fraction of sp³-hybridized carbons (Fsp3) is 0.529. The third-order valence-corrected chi connectivity index (χ3v) is 3.03. The van der Waals surface area contributed by atoms with Crippen LogP contribution in [0.3, 0.4) is 0 Å². The lowest BCUT2D eigenvalue weighted by molar-refractivity contribution is 0.128. The highest BCUT2D eigenvalue weighted by Crippen LogP contribution is 2.21. The zero-order valence-electron chi connectivity index (χ0n) is 12.6. The molecule has 0 heterocycles. The number of aliphatic hydroxyl groups excluding tert-OH is 1. The molecule has 0 aromatic heterocycles. The minimum absolute atomic E-state index is 0.0873. The molecule has 1 atom stereocenters. The molecule has 0 aliphatic carbocycles. The molecule has 0 spiro atoms. The third kappa shape index (κ3) is 6.60. The normalized spacial score (nSPS) is 12.8. The fourth-order valence-electron chi connectivity index (χ4n) is 2.25. The van der Waals surface area contributed by atoms with Gasteiger partial charge in [-0.25, -0.2) is 0 Å². The summed E-state index contributed by atoms with van der Waals surface area (Å²) >= 11 is 0. The summed E-state index contributed by atoms with van der Waals surface area (Å²) in [5.74, 6) is 3.23. The van der Waals surface area contributed by atoms with Gasteiger partial charge in [0.25, 0.3) is 0 Å². The summed E-state index contributed by atoms with van der Waals surface area (Å²) in [6, 6.07) is 7.91. The van der Waals surface area contributed by atoms with Crippen LogP contribution in [0.2, 0.25) is 0 Å². The standard InChI is InChI=1S/C17H25NO2/c1-5-10-20-16-8-6-15(7-9-16)12-18-13-17(3,4)11-14(2)19/h1,6-9,14,18-19H,10-13H2,2-4H3. The summed E-state index contributed by atoms with van der Waals surface area (Å²) in [5, 5.41) is 12.9. The average molecular weight is 275 g/mol. The molecule has 1 unspecified atom stereocenters. The van der Waals surface area contributed by atoms with Crippen LogP contribution < -0.4 is 10.1 Å². The first kappa shape index (κ1) is 16.6. The number of terminal acetylenes is 1. The Balaban J connectivity index is 2.37. The Kier molecular flexibility index (Phi) is 6.57. The van der Waals surface area contributed by atoms with E-state index < -0.39 is 0 Å². The maximum atomic E-state index is 9.45. The molecule has 0 fully saturated rings. The molecule has 110 valence electrons. The van der Waals surface area contributed by atoms with Crippen molar-refractivity contribution in [3.05, 3.63) is 29.8 Å². The summed E-state index contributed by atoms with van der Waals surface area (Å²) < 4.78 is 5.33. The smallest absolute Gasteiger partial charge is 0.148 e. The number of hydrogen-bond donors (Lipinski definition) is 2. The molecule has 1 rings (SSSR count). The van der Waals surface area contributed by atoms with E-state index in [1.54, 1.807) is 0 Å². The van der Waals surface area contributed by atoms with E-state index in [0.717, 1.165) is 25.3 Å². The maximum Gasteiger partial charge on any atom is 0.148 e. The Morgan fingerprint density at radius 3 is 2.55 bits per heavy atom. The van der Waals surface area contributed by atoms with Gasteiger partial charge in [-0.2, -0.15) is 0 Å². The second kappa shape index (κ2) is 7.94. The predicted molar refractivity (Wildman–Crippen MR) is 82.6 cm³/mol. The molecule has 0 saturated heterocycles. The summed E-state index contributed by atoms with van der Waals surface area (Å²) in [6.45, 7) is 8.11. The molecule has 0 saturated carbocycles. The molecule has 3 nitrogen and oxygen atoms in total. The number of hydrogen-bond acceptors (Lipinski definition) is 3. The van der Waals surface area contributed by atoms with Crippen molar-refractivity contribution in [2.45, 2.75) is 39.8 Å². The van der Waals surface area contributed by atoms with E-state index in [2.05, 4.69) is 25.1 Å². The topological polar surface area (TPSA) is 41.5 Å². The maximum absolute atomic E-state index is 9.45. The molecular formula is C17H25NO2. The van der Waals surface area contributed by atoms with Crippen molar-refractivity contribution in [1.29, 1.82) is 0 Å². The molecule has 0 radical (unpaired) electrons. The summed E-state index contributed by atoms with van der Waals surface area (Å²) in [6.07, 6.45) is 5.67. The van der Waals surface area contributed by atoms with Gasteiger partial charge in [-0.3, -0.25) is 0 Å². The lowest BCUT2D eigenvalue weighted by atomic mass is 9.87. The molecule has 0 aliphatic rings. The van der Waals surface area contributed by atoms with E-state index in [4.69, 9.17) is 11.2 Å². The van der Waals surface area contributed by atoms with Crippen LogP contribution in [0.25, 0.3) is 0 Å². The largest absolute Gasteiger partial charge is 0.481 e. The fourth-order valence-corrected chi connectivity index (χ4v) is 2.25. The van der Waals surface area contributed by atoms with Crippen LogP contribution in [-0.2, 0) is 6.54 Å². The van der Waals surface area contributed by atoms with Gasteiger partial charge in [0.1, 0.15) is 12.4 Å². The molecule has 3 heteroatoms. The van der Waals surface area contributed by atoms with E-state index in [-0.39, 0.29) is 11.5 Å². The first-order valence-electron chi connectivity index (χ1n) is 6.97. The highest BCUT2D eigenvalue weighted by atomic mass is 16.5. The number of benzene rings is 1. The molecule has 1 aromatic carbocycles.